The van der Waals surface area contributed by atoms with Crippen molar-refractivity contribution in [2.24, 2.45) is 5.92 Å². The van der Waals surface area contributed by atoms with Gasteiger partial charge < -0.3 is 9.80 Å². The van der Waals surface area contributed by atoms with Crippen molar-refractivity contribution < 1.29 is 0 Å². The van der Waals surface area contributed by atoms with Gasteiger partial charge in [-0.1, -0.05) is 80.8 Å². The van der Waals surface area contributed by atoms with E-state index in [1.54, 1.807) is 6.08 Å². The summed E-state index contributed by atoms with van der Waals surface area (Å²) in [7, 11) is 2.05. The highest BCUT2D eigenvalue weighted by atomic mass is 15.1. The van der Waals surface area contributed by atoms with Gasteiger partial charge in [-0.2, -0.15) is 5.26 Å². The average molecular weight is 482 g/mol. The van der Waals surface area contributed by atoms with E-state index >= 15 is 0 Å². The molecule has 3 aromatic carbocycles. The van der Waals surface area contributed by atoms with Gasteiger partial charge in [-0.3, -0.25) is 0 Å². The maximum Gasteiger partial charge on any atom is 0.0953 e. The Balaban J connectivity index is 1.66. The maximum atomic E-state index is 9.37. The summed E-state index contributed by atoms with van der Waals surface area (Å²) >= 11 is 0. The first-order chi connectivity index (χ1) is 18.0. The van der Waals surface area contributed by atoms with Crippen LogP contribution in [0.25, 0.3) is 5.57 Å². The smallest absolute Gasteiger partial charge is 0.0953 e. The van der Waals surface area contributed by atoms with Crippen molar-refractivity contribution >= 4 is 28.3 Å². The fraction of sp³-hybridized carbons (Fsp3) is 0.0882. The minimum absolute atomic E-state index is 0.0659. The van der Waals surface area contributed by atoms with E-state index in [0.29, 0.717) is 0 Å². The van der Waals surface area contributed by atoms with Crippen LogP contribution in [0.2, 0.25) is 0 Å². The molecule has 1 aliphatic rings. The molecule has 0 aromatic heterocycles. The van der Waals surface area contributed by atoms with Gasteiger partial charge in [-0.05, 0) is 71.8 Å². The highest BCUT2D eigenvalue weighted by Gasteiger charge is 2.15. The van der Waals surface area contributed by atoms with E-state index in [4.69, 9.17) is 0 Å². The van der Waals surface area contributed by atoms with Crippen molar-refractivity contribution in [3.63, 3.8) is 0 Å². The SMILES string of the molecule is C=C/C=C(\C=C)c1ccc(N(c2ccccc2)c2ccc(N(C)C3=CC(C)C(C#N)=CC=C3)cc2)cc1. The number of hydrogen-bond acceptors (Lipinski definition) is 3. The van der Waals surface area contributed by atoms with Gasteiger partial charge in [-0.15, -0.1) is 0 Å². The average Bonchev–Trinajstić information content (AvgIpc) is 3.13. The van der Waals surface area contributed by atoms with Crippen LogP contribution in [-0.2, 0) is 0 Å². The zero-order valence-electron chi connectivity index (χ0n) is 21.4. The standard InChI is InChI=1S/C34H31N3/c1-5-11-27(6-2)28-16-18-32(19-17-28)37(31-13-8-7-9-14-31)33-22-20-30(21-23-33)36(4)34-15-10-12-29(25-35)26(3)24-34/h5-24,26H,1-2H2,3-4H3/b27-11+. The lowest BCUT2D eigenvalue weighted by atomic mass is 10.0. The number of allylic oxidation sites excluding steroid dienone is 9. The van der Waals surface area contributed by atoms with Crippen LogP contribution in [-0.4, -0.2) is 7.05 Å². The summed E-state index contributed by atoms with van der Waals surface area (Å²) in [4.78, 5) is 4.39. The molecule has 3 nitrogen and oxygen atoms in total. The van der Waals surface area contributed by atoms with E-state index in [9.17, 15) is 5.26 Å². The number of rotatable bonds is 8. The third-order valence-electron chi connectivity index (χ3n) is 6.46. The quantitative estimate of drug-likeness (QED) is 0.301. The largest absolute Gasteiger partial charge is 0.345 e. The molecular formula is C34H31N3. The summed E-state index contributed by atoms with van der Waals surface area (Å²) in [5.41, 5.74) is 8.24. The zero-order chi connectivity index (χ0) is 26.2. The number of benzene rings is 3. The van der Waals surface area contributed by atoms with Crippen LogP contribution in [0.1, 0.15) is 12.5 Å². The van der Waals surface area contributed by atoms with E-state index in [-0.39, 0.29) is 5.92 Å². The first kappa shape index (κ1) is 25.3. The van der Waals surface area contributed by atoms with Crippen LogP contribution < -0.4 is 9.80 Å². The van der Waals surface area contributed by atoms with Crippen LogP contribution in [0.15, 0.2) is 146 Å². The van der Waals surface area contributed by atoms with Gasteiger partial charge in [0.05, 0.1) is 6.07 Å². The van der Waals surface area contributed by atoms with Gasteiger partial charge in [-0.25, -0.2) is 0 Å². The monoisotopic (exact) mass is 481 g/mol. The first-order valence-electron chi connectivity index (χ1n) is 12.3. The Labute approximate surface area is 220 Å². The van der Waals surface area contributed by atoms with Gasteiger partial charge >= 0.3 is 0 Å². The third kappa shape index (κ3) is 5.72. The fourth-order valence-electron chi connectivity index (χ4n) is 4.38. The molecule has 0 N–H and O–H groups in total. The molecule has 0 fully saturated rings. The second kappa shape index (κ2) is 11.7. The predicted octanol–water partition coefficient (Wildman–Crippen LogP) is 8.89. The van der Waals surface area contributed by atoms with Crippen LogP contribution in [0.3, 0.4) is 0 Å². The number of anilines is 4. The van der Waals surface area contributed by atoms with Gasteiger partial charge in [0.15, 0.2) is 0 Å². The van der Waals surface area contributed by atoms with E-state index < -0.39 is 0 Å². The number of nitriles is 1. The molecule has 37 heavy (non-hydrogen) atoms. The second-order valence-corrected chi connectivity index (χ2v) is 8.83. The number of hydrogen-bond donors (Lipinski definition) is 0. The Bertz CT molecular complexity index is 1410. The van der Waals surface area contributed by atoms with Crippen molar-refractivity contribution in [3.05, 3.63) is 151 Å². The number of nitrogens with zero attached hydrogens (tertiary/aromatic N) is 3. The minimum Gasteiger partial charge on any atom is -0.345 e. The van der Waals surface area contributed by atoms with E-state index in [2.05, 4.69) is 115 Å². The molecule has 0 radical (unpaired) electrons. The number of likely N-dealkylation sites (N-methyl/N-ethyl adjacent to an activating group) is 1. The molecule has 0 bridgehead atoms. The molecule has 1 unspecified atom stereocenters. The van der Waals surface area contributed by atoms with E-state index in [0.717, 1.165) is 45.2 Å². The molecule has 0 spiro atoms. The molecule has 182 valence electrons. The lowest BCUT2D eigenvalue weighted by Gasteiger charge is -2.27. The zero-order valence-corrected chi connectivity index (χ0v) is 21.4. The van der Waals surface area contributed by atoms with Crippen LogP contribution >= 0.6 is 0 Å². The Morgan fingerprint density at radius 1 is 0.865 bits per heavy atom. The molecular weight excluding hydrogens is 450 g/mol. The summed E-state index contributed by atoms with van der Waals surface area (Å²) in [6.45, 7) is 9.78. The summed E-state index contributed by atoms with van der Waals surface area (Å²) in [6, 6.07) is 29.7. The molecule has 3 aromatic rings. The molecule has 0 saturated heterocycles. The van der Waals surface area contributed by atoms with Gasteiger partial charge in [0.25, 0.3) is 0 Å². The van der Waals surface area contributed by atoms with Gasteiger partial charge in [0.1, 0.15) is 0 Å². The van der Waals surface area contributed by atoms with E-state index in [1.807, 2.05) is 43.4 Å². The highest BCUT2D eigenvalue weighted by Crippen LogP contribution is 2.36. The Kier molecular flexibility index (Phi) is 8.03. The van der Waals surface area contributed by atoms with Crippen LogP contribution in [0.4, 0.5) is 22.7 Å². The summed E-state index contributed by atoms with van der Waals surface area (Å²) < 4.78 is 0. The molecule has 0 heterocycles. The molecule has 0 saturated carbocycles. The minimum atomic E-state index is 0.0659. The fourth-order valence-corrected chi connectivity index (χ4v) is 4.38. The normalized spacial score (nSPS) is 15.1. The van der Waals surface area contributed by atoms with Gasteiger partial charge in [0.2, 0.25) is 0 Å². The van der Waals surface area contributed by atoms with Crippen LogP contribution in [0, 0.1) is 17.2 Å². The van der Waals surface area contributed by atoms with Crippen LogP contribution in [0.5, 0.6) is 0 Å². The summed E-state index contributed by atoms with van der Waals surface area (Å²) in [5.74, 6) is 0.0659. The molecule has 1 aliphatic carbocycles. The highest BCUT2D eigenvalue weighted by molar-refractivity contribution is 5.80. The predicted molar refractivity (Wildman–Crippen MR) is 158 cm³/mol. The molecule has 0 aliphatic heterocycles. The molecule has 1 atom stereocenters. The van der Waals surface area contributed by atoms with Crippen molar-refractivity contribution in [2.45, 2.75) is 6.92 Å². The lowest BCUT2D eigenvalue weighted by Crippen LogP contribution is -2.16. The van der Waals surface area contributed by atoms with E-state index in [1.165, 1.54) is 0 Å². The Morgan fingerprint density at radius 2 is 1.46 bits per heavy atom. The molecule has 4 rings (SSSR count). The van der Waals surface area contributed by atoms with Gasteiger partial charge in [0, 0.05) is 47.0 Å². The van der Waals surface area contributed by atoms with Crippen molar-refractivity contribution in [2.75, 3.05) is 16.8 Å². The van der Waals surface area contributed by atoms with Crippen molar-refractivity contribution in [1.82, 2.24) is 0 Å². The first-order valence-corrected chi connectivity index (χ1v) is 12.3. The summed E-state index contributed by atoms with van der Waals surface area (Å²) in [6.07, 6.45) is 13.6. The Hall–Kier alpha value is -4.81. The topological polar surface area (TPSA) is 30.3 Å². The number of para-hydroxylation sites is 1. The Morgan fingerprint density at radius 3 is 2.05 bits per heavy atom. The maximum absolute atomic E-state index is 9.37. The third-order valence-corrected chi connectivity index (χ3v) is 6.46. The second-order valence-electron chi connectivity index (χ2n) is 8.83. The summed E-state index contributed by atoms with van der Waals surface area (Å²) in [5, 5.41) is 9.37. The van der Waals surface area contributed by atoms with Crippen molar-refractivity contribution in [3.8, 4) is 6.07 Å². The lowest BCUT2D eigenvalue weighted by molar-refractivity contribution is 0.882. The molecule has 3 heteroatoms. The van der Waals surface area contributed by atoms with Crippen molar-refractivity contribution in [1.29, 1.82) is 5.26 Å². The molecule has 0 amide bonds.